The zero-order valence-electron chi connectivity index (χ0n) is 32.4. The summed E-state index contributed by atoms with van der Waals surface area (Å²) in [6.45, 7) is 0.389. The third kappa shape index (κ3) is 8.63. The first kappa shape index (κ1) is 39.1. The van der Waals surface area contributed by atoms with Gasteiger partial charge in [-0.3, -0.25) is 19.4 Å². The van der Waals surface area contributed by atoms with Gasteiger partial charge in [0.2, 0.25) is 11.8 Å². The van der Waals surface area contributed by atoms with Gasteiger partial charge in [0.05, 0.1) is 48.1 Å². The minimum atomic E-state index is -0.378. The minimum absolute atomic E-state index is 0.0423. The number of rotatable bonds is 14. The topological polar surface area (TPSA) is 104 Å². The van der Waals surface area contributed by atoms with E-state index in [-0.39, 0.29) is 29.9 Å². The molecule has 10 nitrogen and oxygen atoms in total. The summed E-state index contributed by atoms with van der Waals surface area (Å²) < 4.78 is 0. The highest BCUT2D eigenvalue weighted by Gasteiger charge is 2.37. The second kappa shape index (κ2) is 17.8. The maximum atomic E-state index is 13.9. The van der Waals surface area contributed by atoms with E-state index in [1.807, 2.05) is 127 Å². The molecular weight excluding hydrogens is 737 g/mol. The number of nitrogens with one attached hydrogen (secondary N) is 2. The van der Waals surface area contributed by atoms with Crippen LogP contribution in [0.5, 0.6) is 0 Å². The Balaban J connectivity index is 1.00. The average Bonchev–Trinajstić information content (AvgIpc) is 4.01. The second-order valence-corrected chi connectivity index (χ2v) is 16.2. The van der Waals surface area contributed by atoms with E-state index in [0.29, 0.717) is 18.3 Å². The molecule has 6 aromatic rings. The van der Waals surface area contributed by atoms with Crippen LogP contribution in [0.1, 0.15) is 40.9 Å². The Labute approximate surface area is 337 Å². The number of carbonyl (C=O) groups is 2. The summed E-state index contributed by atoms with van der Waals surface area (Å²) in [7, 11) is 7.78. The van der Waals surface area contributed by atoms with Crippen LogP contribution in [0.15, 0.2) is 122 Å². The quantitative estimate of drug-likeness (QED) is 0.107. The van der Waals surface area contributed by atoms with Crippen molar-refractivity contribution in [1.82, 2.24) is 39.5 Å². The summed E-state index contributed by atoms with van der Waals surface area (Å²) in [6.07, 6.45) is 5.71. The number of hydrogen-bond acceptors (Lipinski definition) is 8. The van der Waals surface area contributed by atoms with Crippen molar-refractivity contribution < 1.29 is 9.59 Å². The van der Waals surface area contributed by atoms with Gasteiger partial charge in [0.25, 0.3) is 0 Å². The Morgan fingerprint density at radius 2 is 1.25 bits per heavy atom. The van der Waals surface area contributed by atoms with Crippen LogP contribution in [0.25, 0.3) is 33.6 Å². The van der Waals surface area contributed by atoms with E-state index in [4.69, 9.17) is 4.98 Å². The molecule has 0 saturated carbocycles. The standard InChI is InChI=1S/C44H48N8O2S2/c1-49(2)40(34-12-8-6-9-13-34)43(53)51(28-55-5)26-39-45-24-36(47-39)32-20-16-30(17-21-32)31-18-22-33(23-19-31)37-25-46-42(48-37)38-27-56-29-52(38)44(54)41(50(3)4)35-14-10-7-11-15-35/h6-25,38,40-41H,26-29H2,1-5H3,(H,45,47)(H,46,48)/t38-,40+,41+/m0/s1. The summed E-state index contributed by atoms with van der Waals surface area (Å²) in [4.78, 5) is 51.9. The van der Waals surface area contributed by atoms with Crippen molar-refractivity contribution in [3.05, 3.63) is 144 Å². The molecule has 0 unspecified atom stereocenters. The number of likely N-dealkylation sites (N-methyl/N-ethyl adjacent to an activating group) is 2. The van der Waals surface area contributed by atoms with Crippen LogP contribution in [0, 0.1) is 0 Å². The maximum absolute atomic E-state index is 13.9. The highest BCUT2D eigenvalue weighted by atomic mass is 32.2. The predicted octanol–water partition coefficient (Wildman–Crippen LogP) is 7.96. The molecule has 0 radical (unpaired) electrons. The third-order valence-corrected chi connectivity index (χ3v) is 11.7. The Morgan fingerprint density at radius 3 is 1.80 bits per heavy atom. The lowest BCUT2D eigenvalue weighted by atomic mass is 10.0. The number of hydrogen-bond donors (Lipinski definition) is 2. The van der Waals surface area contributed by atoms with E-state index in [1.165, 1.54) is 0 Å². The number of imidazole rings is 2. The number of carbonyl (C=O) groups excluding carboxylic acids is 2. The highest BCUT2D eigenvalue weighted by Crippen LogP contribution is 2.36. The smallest absolute Gasteiger partial charge is 0.245 e. The van der Waals surface area contributed by atoms with Crippen LogP contribution in [0.2, 0.25) is 0 Å². The van der Waals surface area contributed by atoms with E-state index >= 15 is 0 Å². The molecule has 3 atom stereocenters. The molecule has 4 aromatic carbocycles. The van der Waals surface area contributed by atoms with E-state index in [1.54, 1.807) is 23.5 Å². The molecule has 2 N–H and O–H groups in total. The van der Waals surface area contributed by atoms with E-state index in [2.05, 4.69) is 63.5 Å². The van der Waals surface area contributed by atoms with Crippen LogP contribution in [0.3, 0.4) is 0 Å². The molecule has 0 spiro atoms. The van der Waals surface area contributed by atoms with Crippen LogP contribution < -0.4 is 0 Å². The average molecular weight is 785 g/mol. The Bertz CT molecular complexity index is 2210. The van der Waals surface area contributed by atoms with Crippen LogP contribution >= 0.6 is 23.5 Å². The molecule has 288 valence electrons. The molecule has 0 aliphatic carbocycles. The number of H-pyrrole nitrogens is 2. The highest BCUT2D eigenvalue weighted by molar-refractivity contribution is 7.99. The fraction of sp³-hybridized carbons (Fsp3) is 0.273. The molecule has 1 aliphatic rings. The first-order valence-corrected chi connectivity index (χ1v) is 21.2. The normalized spacial score (nSPS) is 15.3. The Hall–Kier alpha value is -5.14. The second-order valence-electron chi connectivity index (χ2n) is 14.4. The number of thioether (sulfide) groups is 2. The van der Waals surface area contributed by atoms with Crippen molar-refractivity contribution in [2.24, 2.45) is 0 Å². The van der Waals surface area contributed by atoms with E-state index in [9.17, 15) is 9.59 Å². The molecule has 12 heteroatoms. The molecule has 3 heterocycles. The fourth-order valence-electron chi connectivity index (χ4n) is 7.26. The molecule has 1 saturated heterocycles. The summed E-state index contributed by atoms with van der Waals surface area (Å²) in [5.74, 6) is 3.66. The lowest BCUT2D eigenvalue weighted by Crippen LogP contribution is -2.40. The van der Waals surface area contributed by atoms with Crippen molar-refractivity contribution >= 4 is 35.3 Å². The fourth-order valence-corrected chi connectivity index (χ4v) is 8.96. The predicted molar refractivity (Wildman–Crippen MR) is 229 cm³/mol. The molecular formula is C44H48N8O2S2. The molecule has 2 amide bonds. The Morgan fingerprint density at radius 1 is 0.732 bits per heavy atom. The van der Waals surface area contributed by atoms with E-state index < -0.39 is 0 Å². The van der Waals surface area contributed by atoms with Crippen molar-refractivity contribution in [3.8, 4) is 33.6 Å². The first-order chi connectivity index (χ1) is 27.2. The van der Waals surface area contributed by atoms with Crippen molar-refractivity contribution in [2.45, 2.75) is 24.7 Å². The van der Waals surface area contributed by atoms with Gasteiger partial charge in [0.1, 0.15) is 23.7 Å². The summed E-state index contributed by atoms with van der Waals surface area (Å²) in [5, 5.41) is 0. The maximum Gasteiger partial charge on any atom is 0.245 e. The zero-order valence-corrected chi connectivity index (χ0v) is 34.1. The van der Waals surface area contributed by atoms with Gasteiger partial charge in [-0.1, -0.05) is 109 Å². The molecule has 1 fully saturated rings. The van der Waals surface area contributed by atoms with Gasteiger partial charge >= 0.3 is 0 Å². The van der Waals surface area contributed by atoms with Gasteiger partial charge in [-0.2, -0.15) is 0 Å². The number of aromatic nitrogens is 4. The number of amides is 2. The van der Waals surface area contributed by atoms with Crippen LogP contribution in [-0.4, -0.2) is 103 Å². The third-order valence-electron chi connectivity index (χ3n) is 10.1. The van der Waals surface area contributed by atoms with Crippen LogP contribution in [-0.2, 0) is 16.1 Å². The van der Waals surface area contributed by atoms with Gasteiger partial charge in [0, 0.05) is 5.75 Å². The molecule has 56 heavy (non-hydrogen) atoms. The van der Waals surface area contributed by atoms with Crippen molar-refractivity contribution in [3.63, 3.8) is 0 Å². The van der Waals surface area contributed by atoms with Gasteiger partial charge in [-0.25, -0.2) is 9.97 Å². The van der Waals surface area contributed by atoms with Gasteiger partial charge < -0.3 is 19.8 Å². The lowest BCUT2D eigenvalue weighted by molar-refractivity contribution is -0.137. The number of nitrogens with zero attached hydrogens (tertiary/aromatic N) is 6. The van der Waals surface area contributed by atoms with Crippen LogP contribution in [0.4, 0.5) is 0 Å². The molecule has 2 aromatic heterocycles. The lowest BCUT2D eigenvalue weighted by Gasteiger charge is -2.31. The molecule has 7 rings (SSSR count). The van der Waals surface area contributed by atoms with E-state index in [0.717, 1.165) is 62.2 Å². The minimum Gasteiger partial charge on any atom is -0.341 e. The molecule has 0 bridgehead atoms. The zero-order chi connectivity index (χ0) is 39.2. The summed E-state index contributed by atoms with van der Waals surface area (Å²) in [6, 6.07) is 35.9. The van der Waals surface area contributed by atoms with Gasteiger partial charge in [0.15, 0.2) is 0 Å². The van der Waals surface area contributed by atoms with Gasteiger partial charge in [-0.15, -0.1) is 23.5 Å². The SMILES string of the molecule is CSCN(Cc1ncc(-c2ccc(-c3ccc(-c4cnc([C@@H]5CSCN5C(=O)[C@@H](c5ccccc5)N(C)C)[nH]4)cc3)cc2)[nH]1)C(=O)[C@@H](c1ccccc1)N(C)C. The summed E-state index contributed by atoms with van der Waals surface area (Å²) in [5.41, 5.74) is 8.03. The van der Waals surface area contributed by atoms with Crippen molar-refractivity contribution in [1.29, 1.82) is 0 Å². The number of benzene rings is 4. The first-order valence-electron chi connectivity index (χ1n) is 18.6. The Kier molecular flexibility index (Phi) is 12.4. The van der Waals surface area contributed by atoms with Crippen molar-refractivity contribution in [2.75, 3.05) is 52.0 Å². The summed E-state index contributed by atoms with van der Waals surface area (Å²) >= 11 is 3.37. The van der Waals surface area contributed by atoms with Gasteiger partial charge in [-0.05, 0) is 67.8 Å². The number of aromatic amines is 2. The molecule has 1 aliphatic heterocycles. The largest absolute Gasteiger partial charge is 0.341 e. The monoisotopic (exact) mass is 784 g/mol.